The normalized spacial score (nSPS) is 21.4. The summed E-state index contributed by atoms with van der Waals surface area (Å²) in [6.45, 7) is 8.30. The largest absolute Gasteiger partial charge is 0.384 e. The number of hydrogen-bond acceptors (Lipinski definition) is 2. The van der Waals surface area contributed by atoms with Crippen LogP contribution in [0.3, 0.4) is 0 Å². The minimum Gasteiger partial charge on any atom is -0.384 e. The first-order valence-electron chi connectivity index (χ1n) is 7.96. The van der Waals surface area contributed by atoms with Gasteiger partial charge in [-0.25, -0.2) is 0 Å². The van der Waals surface area contributed by atoms with Gasteiger partial charge in [-0.05, 0) is 41.2 Å². The Kier molecular flexibility index (Phi) is 3.78. The number of methoxy groups -OCH3 is 2. The molecule has 0 fully saturated rings. The van der Waals surface area contributed by atoms with Crippen LogP contribution in [-0.4, -0.2) is 27.4 Å². The molecule has 2 aliphatic carbocycles. The first-order valence-corrected chi connectivity index (χ1v) is 7.96. The molecule has 0 aliphatic heterocycles. The highest BCUT2D eigenvalue weighted by atomic mass is 16.5. The Balaban J connectivity index is 2.13. The van der Waals surface area contributed by atoms with E-state index in [4.69, 9.17) is 9.47 Å². The van der Waals surface area contributed by atoms with Crippen molar-refractivity contribution in [1.29, 1.82) is 0 Å². The predicted molar refractivity (Wildman–Crippen MR) is 90.9 cm³/mol. The molecule has 0 unspecified atom stereocenters. The topological polar surface area (TPSA) is 18.5 Å². The van der Waals surface area contributed by atoms with Gasteiger partial charge < -0.3 is 9.47 Å². The number of benzene rings is 1. The molecule has 0 saturated carbocycles. The molecule has 22 heavy (non-hydrogen) atoms. The maximum absolute atomic E-state index is 5.53. The molecule has 0 saturated heterocycles. The van der Waals surface area contributed by atoms with Crippen molar-refractivity contribution in [3.63, 3.8) is 0 Å². The highest BCUT2D eigenvalue weighted by molar-refractivity contribution is 5.85. The summed E-state index contributed by atoms with van der Waals surface area (Å²) in [4.78, 5) is 0. The molecular weight excluding hydrogens is 272 g/mol. The molecular formula is C20H26O2. The highest BCUT2D eigenvalue weighted by Crippen LogP contribution is 2.55. The Morgan fingerprint density at radius 3 is 2.32 bits per heavy atom. The van der Waals surface area contributed by atoms with E-state index < -0.39 is 0 Å². The molecule has 1 aromatic rings. The van der Waals surface area contributed by atoms with Gasteiger partial charge in [-0.3, -0.25) is 0 Å². The summed E-state index contributed by atoms with van der Waals surface area (Å²) < 4.78 is 11.1. The SMILES string of the molecule is COCC1(COC)C=C(C)C2=C(C1)c1ccccc1C2(C)C. The molecule has 118 valence electrons. The van der Waals surface area contributed by atoms with E-state index in [9.17, 15) is 0 Å². The highest BCUT2D eigenvalue weighted by Gasteiger charge is 2.44. The third-order valence-electron chi connectivity index (χ3n) is 5.16. The summed E-state index contributed by atoms with van der Waals surface area (Å²) in [5, 5.41) is 0. The van der Waals surface area contributed by atoms with Gasteiger partial charge in [0.05, 0.1) is 13.2 Å². The second-order valence-corrected chi connectivity index (χ2v) is 7.26. The van der Waals surface area contributed by atoms with E-state index in [-0.39, 0.29) is 10.8 Å². The van der Waals surface area contributed by atoms with Crippen molar-refractivity contribution in [2.75, 3.05) is 27.4 Å². The molecule has 1 aromatic carbocycles. The molecule has 0 heterocycles. The van der Waals surface area contributed by atoms with Crippen LogP contribution in [-0.2, 0) is 14.9 Å². The van der Waals surface area contributed by atoms with E-state index in [1.54, 1.807) is 14.2 Å². The maximum atomic E-state index is 5.53. The van der Waals surface area contributed by atoms with E-state index in [1.165, 1.54) is 27.8 Å². The summed E-state index contributed by atoms with van der Waals surface area (Å²) in [5.41, 5.74) is 7.23. The van der Waals surface area contributed by atoms with Gasteiger partial charge in [-0.1, -0.05) is 44.2 Å². The second kappa shape index (κ2) is 5.36. The number of allylic oxidation sites excluding steroid dienone is 3. The molecule has 0 amide bonds. The summed E-state index contributed by atoms with van der Waals surface area (Å²) in [6, 6.07) is 8.83. The number of rotatable bonds is 4. The zero-order valence-electron chi connectivity index (χ0n) is 14.3. The Labute approximate surface area is 133 Å². The van der Waals surface area contributed by atoms with Crippen LogP contribution in [0.15, 0.2) is 41.5 Å². The average molecular weight is 298 g/mol. The molecule has 0 aromatic heterocycles. The fraction of sp³-hybridized carbons (Fsp3) is 0.500. The third kappa shape index (κ3) is 2.17. The monoisotopic (exact) mass is 298 g/mol. The van der Waals surface area contributed by atoms with Crippen molar-refractivity contribution in [3.05, 3.63) is 52.6 Å². The zero-order valence-corrected chi connectivity index (χ0v) is 14.3. The molecule has 2 heteroatoms. The fourth-order valence-corrected chi connectivity index (χ4v) is 4.59. The molecule has 2 nitrogen and oxygen atoms in total. The van der Waals surface area contributed by atoms with Crippen LogP contribution in [0, 0.1) is 5.41 Å². The Hall–Kier alpha value is -1.38. The van der Waals surface area contributed by atoms with Crippen molar-refractivity contribution >= 4 is 5.57 Å². The Bertz CT molecular complexity index is 643. The van der Waals surface area contributed by atoms with Crippen LogP contribution >= 0.6 is 0 Å². The molecule has 3 rings (SSSR count). The quantitative estimate of drug-likeness (QED) is 0.822. The van der Waals surface area contributed by atoms with E-state index in [1.807, 2.05) is 0 Å². The van der Waals surface area contributed by atoms with Gasteiger partial charge in [0.1, 0.15) is 0 Å². The number of ether oxygens (including phenoxy) is 2. The predicted octanol–water partition coefficient (Wildman–Crippen LogP) is 4.36. The molecule has 0 N–H and O–H groups in total. The molecule has 0 spiro atoms. The lowest BCUT2D eigenvalue weighted by Crippen LogP contribution is -2.33. The van der Waals surface area contributed by atoms with Crippen LogP contribution in [0.25, 0.3) is 5.57 Å². The van der Waals surface area contributed by atoms with E-state index in [2.05, 4.69) is 51.1 Å². The molecule has 0 atom stereocenters. The molecule has 0 radical (unpaired) electrons. The van der Waals surface area contributed by atoms with Crippen LogP contribution in [0.2, 0.25) is 0 Å². The van der Waals surface area contributed by atoms with E-state index >= 15 is 0 Å². The Morgan fingerprint density at radius 2 is 1.68 bits per heavy atom. The van der Waals surface area contributed by atoms with Gasteiger partial charge in [0.15, 0.2) is 0 Å². The lowest BCUT2D eigenvalue weighted by molar-refractivity contribution is 0.0424. The van der Waals surface area contributed by atoms with Crippen LogP contribution in [0.1, 0.15) is 38.3 Å². The Morgan fingerprint density at radius 1 is 1.05 bits per heavy atom. The summed E-state index contributed by atoms with van der Waals surface area (Å²) >= 11 is 0. The average Bonchev–Trinajstić information content (AvgIpc) is 2.68. The zero-order chi connectivity index (χ0) is 16.0. The minimum absolute atomic E-state index is 0.0556. The van der Waals surface area contributed by atoms with Crippen LogP contribution < -0.4 is 0 Å². The van der Waals surface area contributed by atoms with Crippen molar-refractivity contribution in [3.8, 4) is 0 Å². The van der Waals surface area contributed by atoms with Crippen molar-refractivity contribution in [1.82, 2.24) is 0 Å². The maximum Gasteiger partial charge on any atom is 0.0578 e. The first-order chi connectivity index (χ1) is 10.4. The smallest absolute Gasteiger partial charge is 0.0578 e. The summed E-state index contributed by atoms with van der Waals surface area (Å²) in [6.07, 6.45) is 3.37. The lowest BCUT2D eigenvalue weighted by Gasteiger charge is -2.37. The second-order valence-electron chi connectivity index (χ2n) is 7.26. The molecule has 0 bridgehead atoms. The van der Waals surface area contributed by atoms with Crippen molar-refractivity contribution < 1.29 is 9.47 Å². The first kappa shape index (κ1) is 15.5. The van der Waals surface area contributed by atoms with Gasteiger partial charge in [-0.2, -0.15) is 0 Å². The van der Waals surface area contributed by atoms with Gasteiger partial charge in [0.2, 0.25) is 0 Å². The fourth-order valence-electron chi connectivity index (χ4n) is 4.59. The standard InChI is InChI=1S/C20H26O2/c1-14-10-20(12-21-4,13-22-5)11-16-15-8-6-7-9-17(15)19(2,3)18(14)16/h6-10H,11-13H2,1-5H3. The van der Waals surface area contributed by atoms with E-state index in [0.29, 0.717) is 13.2 Å². The third-order valence-corrected chi connectivity index (χ3v) is 5.16. The lowest BCUT2D eigenvalue weighted by atomic mass is 9.70. The van der Waals surface area contributed by atoms with E-state index in [0.717, 1.165) is 6.42 Å². The van der Waals surface area contributed by atoms with Crippen LogP contribution in [0.5, 0.6) is 0 Å². The van der Waals surface area contributed by atoms with Gasteiger partial charge >= 0.3 is 0 Å². The summed E-state index contributed by atoms with van der Waals surface area (Å²) in [7, 11) is 3.55. The van der Waals surface area contributed by atoms with Crippen molar-refractivity contribution in [2.24, 2.45) is 5.41 Å². The van der Waals surface area contributed by atoms with Gasteiger partial charge in [0, 0.05) is 25.0 Å². The van der Waals surface area contributed by atoms with Crippen molar-refractivity contribution in [2.45, 2.75) is 32.6 Å². The van der Waals surface area contributed by atoms with Gasteiger partial charge in [-0.15, -0.1) is 0 Å². The molecule has 2 aliphatic rings. The van der Waals surface area contributed by atoms with Crippen LogP contribution in [0.4, 0.5) is 0 Å². The van der Waals surface area contributed by atoms with Gasteiger partial charge in [0.25, 0.3) is 0 Å². The summed E-state index contributed by atoms with van der Waals surface area (Å²) in [5.74, 6) is 0. The number of hydrogen-bond donors (Lipinski definition) is 0. The minimum atomic E-state index is -0.0556. The number of fused-ring (bicyclic) bond motifs is 2.